The summed E-state index contributed by atoms with van der Waals surface area (Å²) in [4.78, 5) is 20.1. The van der Waals surface area contributed by atoms with E-state index < -0.39 is 0 Å². The Balaban J connectivity index is 1.55. The number of nitrogens with one attached hydrogen (secondary N) is 1. The number of amides is 2. The van der Waals surface area contributed by atoms with Gasteiger partial charge in [0.2, 0.25) is 0 Å². The van der Waals surface area contributed by atoms with Gasteiger partial charge in [0.1, 0.15) is 11.6 Å². The first kappa shape index (κ1) is 14.3. The average Bonchev–Trinajstić information content (AvgIpc) is 2.57. The summed E-state index contributed by atoms with van der Waals surface area (Å²) in [6.07, 6.45) is 1.64. The number of carbonyl (C=O) groups is 1. The first-order chi connectivity index (χ1) is 10.7. The zero-order valence-corrected chi connectivity index (χ0v) is 12.1. The van der Waals surface area contributed by atoms with Gasteiger partial charge < -0.3 is 9.80 Å². The maximum atomic E-state index is 12.9. The molecule has 5 nitrogen and oxygen atoms in total. The van der Waals surface area contributed by atoms with Crippen LogP contribution < -0.4 is 10.2 Å². The van der Waals surface area contributed by atoms with Crippen molar-refractivity contribution in [3.05, 3.63) is 54.5 Å². The van der Waals surface area contributed by atoms with Crippen LogP contribution in [0.4, 0.5) is 20.7 Å². The molecule has 1 aliphatic rings. The Hall–Kier alpha value is -2.63. The molecule has 6 heteroatoms. The molecule has 1 fully saturated rings. The van der Waals surface area contributed by atoms with E-state index in [1.54, 1.807) is 35.4 Å². The van der Waals surface area contributed by atoms with E-state index in [-0.39, 0.29) is 11.8 Å². The van der Waals surface area contributed by atoms with E-state index >= 15 is 0 Å². The maximum absolute atomic E-state index is 12.9. The minimum absolute atomic E-state index is 0.141. The van der Waals surface area contributed by atoms with Crippen LogP contribution in [0.15, 0.2) is 48.7 Å². The van der Waals surface area contributed by atoms with Crippen LogP contribution in [0.5, 0.6) is 0 Å². The minimum Gasteiger partial charge on any atom is -0.368 e. The number of benzene rings is 1. The summed E-state index contributed by atoms with van der Waals surface area (Å²) in [6, 6.07) is 11.7. The number of aromatic nitrogens is 1. The molecule has 1 aliphatic heterocycles. The van der Waals surface area contributed by atoms with E-state index in [0.29, 0.717) is 18.9 Å². The number of rotatable bonds is 2. The van der Waals surface area contributed by atoms with Gasteiger partial charge >= 0.3 is 6.03 Å². The minimum atomic E-state index is -0.239. The summed E-state index contributed by atoms with van der Waals surface area (Å²) in [6.45, 7) is 2.69. The first-order valence-electron chi connectivity index (χ1n) is 7.20. The Bertz CT molecular complexity index is 624. The highest BCUT2D eigenvalue weighted by molar-refractivity contribution is 5.88. The van der Waals surface area contributed by atoms with Crippen molar-refractivity contribution in [3.63, 3.8) is 0 Å². The third-order valence-electron chi connectivity index (χ3n) is 3.66. The van der Waals surface area contributed by atoms with Crippen molar-refractivity contribution < 1.29 is 9.18 Å². The normalized spacial score (nSPS) is 14.8. The maximum Gasteiger partial charge on any atom is 0.323 e. The van der Waals surface area contributed by atoms with Crippen molar-refractivity contribution in [2.24, 2.45) is 0 Å². The number of pyridine rings is 1. The van der Waals surface area contributed by atoms with Gasteiger partial charge in [-0.2, -0.15) is 0 Å². The summed E-state index contributed by atoms with van der Waals surface area (Å²) in [5.41, 5.74) is 0.978. The van der Waals surface area contributed by atoms with Gasteiger partial charge in [0, 0.05) is 38.1 Å². The van der Waals surface area contributed by atoms with Crippen LogP contribution in [-0.4, -0.2) is 42.1 Å². The standard InChI is InChI=1S/C16H17FN4O/c17-13-4-6-14(7-5-13)20-9-11-21(12-10-20)16(22)19-15-3-1-2-8-18-15/h1-8H,9-12H2,(H,18,19,22). The molecule has 2 heterocycles. The van der Waals surface area contributed by atoms with E-state index in [1.807, 2.05) is 6.07 Å². The number of anilines is 2. The number of hydrogen-bond donors (Lipinski definition) is 1. The fraction of sp³-hybridized carbons (Fsp3) is 0.250. The lowest BCUT2D eigenvalue weighted by Gasteiger charge is -2.36. The third-order valence-corrected chi connectivity index (χ3v) is 3.66. The molecule has 22 heavy (non-hydrogen) atoms. The van der Waals surface area contributed by atoms with Crippen LogP contribution in [0.25, 0.3) is 0 Å². The second kappa shape index (κ2) is 6.43. The smallest absolute Gasteiger partial charge is 0.323 e. The van der Waals surface area contributed by atoms with Crippen molar-refractivity contribution in [2.45, 2.75) is 0 Å². The van der Waals surface area contributed by atoms with Gasteiger partial charge in [-0.15, -0.1) is 0 Å². The Morgan fingerprint density at radius 1 is 1.05 bits per heavy atom. The molecule has 114 valence electrons. The molecule has 0 aliphatic carbocycles. The largest absolute Gasteiger partial charge is 0.368 e. The fourth-order valence-electron chi connectivity index (χ4n) is 2.44. The summed E-state index contributed by atoms with van der Waals surface area (Å²) in [7, 11) is 0. The molecule has 0 spiro atoms. The zero-order chi connectivity index (χ0) is 15.4. The van der Waals surface area contributed by atoms with Gasteiger partial charge in [-0.05, 0) is 36.4 Å². The Labute approximate surface area is 128 Å². The molecule has 1 N–H and O–H groups in total. The topological polar surface area (TPSA) is 48.5 Å². The highest BCUT2D eigenvalue weighted by Crippen LogP contribution is 2.17. The lowest BCUT2D eigenvalue weighted by molar-refractivity contribution is 0.208. The highest BCUT2D eigenvalue weighted by Gasteiger charge is 2.21. The van der Waals surface area contributed by atoms with E-state index in [9.17, 15) is 9.18 Å². The van der Waals surface area contributed by atoms with Crippen molar-refractivity contribution in [1.29, 1.82) is 0 Å². The van der Waals surface area contributed by atoms with Crippen LogP contribution in [0.2, 0.25) is 0 Å². The molecule has 1 aromatic carbocycles. The SMILES string of the molecule is O=C(Nc1ccccn1)N1CCN(c2ccc(F)cc2)CC1. The summed E-state index contributed by atoms with van der Waals surface area (Å²) >= 11 is 0. The lowest BCUT2D eigenvalue weighted by atomic mass is 10.2. The summed E-state index contributed by atoms with van der Waals surface area (Å²) < 4.78 is 12.9. The molecule has 1 aromatic heterocycles. The van der Waals surface area contributed by atoms with Crippen molar-refractivity contribution in [3.8, 4) is 0 Å². The monoisotopic (exact) mass is 300 g/mol. The number of piperazine rings is 1. The molecule has 0 radical (unpaired) electrons. The second-order valence-corrected chi connectivity index (χ2v) is 5.10. The predicted molar refractivity (Wildman–Crippen MR) is 83.4 cm³/mol. The van der Waals surface area contributed by atoms with Crippen molar-refractivity contribution >= 4 is 17.5 Å². The number of carbonyl (C=O) groups excluding carboxylic acids is 1. The molecular formula is C16H17FN4O. The Morgan fingerprint density at radius 2 is 1.77 bits per heavy atom. The third kappa shape index (κ3) is 3.33. The van der Waals surface area contributed by atoms with Crippen molar-refractivity contribution in [1.82, 2.24) is 9.88 Å². The van der Waals surface area contributed by atoms with E-state index in [2.05, 4.69) is 15.2 Å². The summed E-state index contributed by atoms with van der Waals surface area (Å²) in [5.74, 6) is 0.311. The lowest BCUT2D eigenvalue weighted by Crippen LogP contribution is -2.50. The van der Waals surface area contributed by atoms with Crippen LogP contribution in [-0.2, 0) is 0 Å². The van der Waals surface area contributed by atoms with Gasteiger partial charge in [-0.3, -0.25) is 5.32 Å². The van der Waals surface area contributed by atoms with Gasteiger partial charge in [-0.25, -0.2) is 14.2 Å². The molecule has 2 aromatic rings. The molecule has 0 bridgehead atoms. The molecule has 2 amide bonds. The van der Waals surface area contributed by atoms with Gasteiger partial charge in [-0.1, -0.05) is 6.07 Å². The van der Waals surface area contributed by atoms with Gasteiger partial charge in [0.25, 0.3) is 0 Å². The molecule has 0 atom stereocenters. The molecule has 0 saturated carbocycles. The molecule has 1 saturated heterocycles. The Kier molecular flexibility index (Phi) is 4.18. The fourth-order valence-corrected chi connectivity index (χ4v) is 2.44. The van der Waals surface area contributed by atoms with Crippen molar-refractivity contribution in [2.75, 3.05) is 36.4 Å². The number of nitrogens with zero attached hydrogens (tertiary/aromatic N) is 3. The number of urea groups is 1. The number of halogens is 1. The van der Waals surface area contributed by atoms with Crippen LogP contribution in [0.3, 0.4) is 0 Å². The van der Waals surface area contributed by atoms with E-state index in [0.717, 1.165) is 18.8 Å². The quantitative estimate of drug-likeness (QED) is 0.927. The highest BCUT2D eigenvalue weighted by atomic mass is 19.1. The van der Waals surface area contributed by atoms with Crippen LogP contribution in [0, 0.1) is 5.82 Å². The van der Waals surface area contributed by atoms with E-state index in [4.69, 9.17) is 0 Å². The van der Waals surface area contributed by atoms with E-state index in [1.165, 1.54) is 12.1 Å². The number of hydrogen-bond acceptors (Lipinski definition) is 3. The second-order valence-electron chi connectivity index (χ2n) is 5.10. The predicted octanol–water partition coefficient (Wildman–Crippen LogP) is 2.57. The zero-order valence-electron chi connectivity index (χ0n) is 12.1. The molecular weight excluding hydrogens is 283 g/mol. The average molecular weight is 300 g/mol. The molecule has 0 unspecified atom stereocenters. The van der Waals surface area contributed by atoms with Gasteiger partial charge in [0.15, 0.2) is 0 Å². The Morgan fingerprint density at radius 3 is 2.41 bits per heavy atom. The van der Waals surface area contributed by atoms with Crippen LogP contribution >= 0.6 is 0 Å². The van der Waals surface area contributed by atoms with Gasteiger partial charge in [0.05, 0.1) is 0 Å². The first-order valence-corrected chi connectivity index (χ1v) is 7.20. The summed E-state index contributed by atoms with van der Waals surface area (Å²) in [5, 5.41) is 2.78. The molecule has 3 rings (SSSR count). The van der Waals surface area contributed by atoms with Crippen LogP contribution in [0.1, 0.15) is 0 Å².